The van der Waals surface area contributed by atoms with Crippen LogP contribution in [0, 0.1) is 145 Å². The quantitative estimate of drug-likeness (QED) is 0.0130. The molecule has 0 spiro atoms. The van der Waals surface area contributed by atoms with E-state index < -0.39 is 75.9 Å². The summed E-state index contributed by atoms with van der Waals surface area (Å²) in [5.74, 6) is -0.960. The number of aromatic nitrogens is 6. The number of allylic oxidation sites excluding steroid dienone is 4. The molecule has 0 saturated heterocycles. The fraction of sp³-hybridized carbons (Fsp3) is 0.330. The van der Waals surface area contributed by atoms with Crippen LogP contribution in [0.5, 0.6) is 0 Å². The van der Waals surface area contributed by atoms with E-state index in [1.165, 1.54) is 92.4 Å². The number of H-pyrrole nitrogens is 1. The monoisotopic (exact) mass is 1890 g/mol. The third-order valence-corrected chi connectivity index (χ3v) is 28.8. The van der Waals surface area contributed by atoms with Crippen LogP contribution in [0.4, 0.5) is 27.6 Å². The number of nitrogen functional groups attached to an aromatic ring is 1. The summed E-state index contributed by atoms with van der Waals surface area (Å²) in [5.41, 5.74) is 17.7. The number of nitrogens with zero attached hydrogens (tertiary/aromatic N) is 9. The van der Waals surface area contributed by atoms with Crippen molar-refractivity contribution in [3.8, 4) is 41.3 Å². The van der Waals surface area contributed by atoms with E-state index in [0.717, 1.165) is 113 Å². The van der Waals surface area contributed by atoms with Gasteiger partial charge in [-0.1, -0.05) is 17.7 Å². The number of rotatable bonds is 21. The maximum absolute atomic E-state index is 13.5. The van der Waals surface area contributed by atoms with E-state index in [1.54, 1.807) is 106 Å². The summed E-state index contributed by atoms with van der Waals surface area (Å²) in [7, 11) is -7.66. The summed E-state index contributed by atoms with van der Waals surface area (Å²) < 4.78 is 140. The molecule has 658 valence electrons. The first-order chi connectivity index (χ1) is 59.9. The third-order valence-electron chi connectivity index (χ3n) is 21.3. The molecule has 3 aromatic heterocycles. The molecule has 17 rings (SSSR count). The Morgan fingerprint density at radius 1 is 0.548 bits per heavy atom. The van der Waals surface area contributed by atoms with Crippen molar-refractivity contribution in [1.29, 1.82) is 21.0 Å². The van der Waals surface area contributed by atoms with Gasteiger partial charge in [-0.3, -0.25) is 23.1 Å². The van der Waals surface area contributed by atoms with Gasteiger partial charge in [-0.25, -0.2) is 36.7 Å². The fourth-order valence-corrected chi connectivity index (χ4v) is 18.8. The van der Waals surface area contributed by atoms with Crippen LogP contribution in [0.25, 0.3) is 17.1 Å². The molecule has 7 aliphatic rings. The Kier molecular flexibility index (Phi) is 33.3. The van der Waals surface area contributed by atoms with E-state index in [2.05, 4.69) is 15.0 Å². The first-order valence-corrected chi connectivity index (χ1v) is 46.9. The average molecular weight is 1890 g/mol. The number of carbonyl (C=O) groups is 4. The van der Waals surface area contributed by atoms with E-state index in [-0.39, 0.29) is 65.8 Å². The predicted molar refractivity (Wildman–Crippen MR) is 474 cm³/mol. The Bertz CT molecular complexity index is 6260. The van der Waals surface area contributed by atoms with Gasteiger partial charge in [-0.2, -0.15) is 29.5 Å². The topological polar surface area (TPSA) is 373 Å². The van der Waals surface area contributed by atoms with Crippen molar-refractivity contribution in [3.63, 3.8) is 0 Å². The number of Topliss-reactive ketones (excluding diaryl/α,β-unsaturated/α-hetero) is 3. The molecule has 5 N–H and O–H groups in total. The van der Waals surface area contributed by atoms with Crippen LogP contribution in [0.2, 0.25) is 0 Å². The zero-order chi connectivity index (χ0) is 91.6. The Balaban J connectivity index is 0.000000152. The van der Waals surface area contributed by atoms with Crippen molar-refractivity contribution >= 4 is 82.1 Å². The maximum atomic E-state index is 13.5. The summed E-state index contributed by atoms with van der Waals surface area (Å²) in [4.78, 5) is 56.1. The Labute approximate surface area is 742 Å². The van der Waals surface area contributed by atoms with E-state index in [9.17, 15) is 61.4 Å². The summed E-state index contributed by atoms with van der Waals surface area (Å²) in [6.07, 6.45) is 31.4. The zero-order valence-corrected chi connectivity index (χ0v) is 75.1. The van der Waals surface area contributed by atoms with Crippen LogP contribution in [0.3, 0.4) is 0 Å². The number of carboxylic acid groups (broad SMARTS) is 1. The van der Waals surface area contributed by atoms with E-state index in [4.69, 9.17) is 50.8 Å². The number of nitrogens with one attached hydrogen (secondary N) is 1. The van der Waals surface area contributed by atoms with Crippen LogP contribution >= 0.6 is 32.9 Å². The molecule has 6 fully saturated rings. The number of hydrogen-bond acceptors (Lipinski definition) is 19. The number of hydrogen-bond donors (Lipinski definition) is 4. The number of aromatic carboxylic acids is 1. The van der Waals surface area contributed by atoms with Crippen LogP contribution in [0.15, 0.2) is 175 Å². The van der Waals surface area contributed by atoms with Gasteiger partial charge in [0.2, 0.25) is 0 Å². The number of carboxylic acids is 1. The molecule has 126 heavy (non-hydrogen) atoms. The van der Waals surface area contributed by atoms with E-state index >= 15 is 0 Å². The molecule has 0 radical (unpaired) electrons. The van der Waals surface area contributed by atoms with Crippen molar-refractivity contribution in [1.82, 2.24) is 28.7 Å². The SMILES string of the molecule is CC(=O)C1CC1.Cc1cc(F)c(C#N)cc1-n1cc(C2CC2)[nH]c1=S.Cc1cc(F)c(C#N)cc1-n1cnc(C2CC2)c1.Cc1cc(F)c(C#N)cc1CCC(=O)C1CC1.Cc1cc(F)c(C#N)cc1N.Cc1cc(F)c(C(=O)O)cc1-n1cnc(C2CC2)c1.Cc1ccc(S(=O)(=O)OCC(=O)C2CC2)cc1.Cc1ccc(S(=O)(=O)OI(O)C2C=CC=CC2)cc1. The molecule has 6 saturated carbocycles. The Hall–Kier alpha value is -11.7. The third kappa shape index (κ3) is 27.6. The first-order valence-electron chi connectivity index (χ1n) is 40.6. The van der Waals surface area contributed by atoms with E-state index in [1.807, 2.05) is 85.8 Å². The zero-order valence-electron chi connectivity index (χ0n) is 70.5. The van der Waals surface area contributed by atoms with Crippen LogP contribution in [0.1, 0.15) is 209 Å². The van der Waals surface area contributed by atoms with Gasteiger partial charge in [0, 0.05) is 71.9 Å². The second kappa shape index (κ2) is 43.5. The molecule has 0 bridgehead atoms. The van der Waals surface area contributed by atoms with E-state index in [0.29, 0.717) is 81.8 Å². The van der Waals surface area contributed by atoms with Crippen molar-refractivity contribution < 1.29 is 73.2 Å². The molecular weight excluding hydrogens is 1790 g/mol. The summed E-state index contributed by atoms with van der Waals surface area (Å²) in [6, 6.07) is 34.0. The Morgan fingerprint density at radius 2 is 0.984 bits per heavy atom. The van der Waals surface area contributed by atoms with Gasteiger partial charge in [0.15, 0.2) is 10.6 Å². The van der Waals surface area contributed by atoms with Crippen molar-refractivity contribution in [2.75, 3.05) is 12.3 Å². The van der Waals surface area contributed by atoms with Crippen LogP contribution < -0.4 is 5.73 Å². The molecule has 23 nitrogen and oxygen atoms in total. The molecule has 0 aliphatic heterocycles. The standard InChI is InChI=1S/C14H12FN3S.C14H12FN3.C14H13FN2O2.C14H14FNO.C13H15IO4S.C12H14O4S.C8H7FN2.C5H8O/c1-8-4-11(15)10(6-16)5-13(8)18-7-12(9-2-3-9)17-14(18)19;1-9-4-12(15)11(6-16)5-14(9)18-7-13(17-8-18)10-2-3-10;1-8-4-11(15)10(14(18)19)5-13(8)17-6-12(16-7-17)9-2-3-9;1-9-6-13(15)12(8-16)7-11(9)4-5-14(17)10-2-3-10;1-11-7-9-13(10-8-11)19(16,17)18-14(15)12-5-3-2-4-6-12;1-9-2-6-11(7-3-9)17(14,15)16-8-12(13)10-4-5-10;1-5-2-7(9)6(4-10)3-8(5)11;1-4(6)5-2-3-5/h4-5,7,9H,2-3H2,1H3,(H,17,19);4-5,7-8,10H,2-3H2,1H3;4-7,9H,2-3H2,1H3,(H,18,19);6-7,10H,2-5H2,1H3;2-5,7-10,12,15H,6H2,1H3;2-3,6-7,10H,4-5,8H2,1H3;2-3H,11H2,1H3;5H,2-3H2,1H3. The normalized spacial score (nSPS) is 15.3. The van der Waals surface area contributed by atoms with Crippen molar-refractivity contribution in [2.45, 2.75) is 183 Å². The molecule has 1 atom stereocenters. The number of nitriles is 4. The van der Waals surface area contributed by atoms with Crippen molar-refractivity contribution in [2.24, 2.45) is 17.8 Å². The molecule has 10 aromatic rings. The molecule has 0 amide bonds. The minimum absolute atomic E-state index is 0.00639. The number of aromatic amines is 1. The molecule has 1 unspecified atom stereocenters. The predicted octanol–water partition coefficient (Wildman–Crippen LogP) is 19.8. The number of imidazole rings is 3. The van der Waals surface area contributed by atoms with Crippen LogP contribution in [-0.4, -0.2) is 87.9 Å². The molecule has 7 aromatic carbocycles. The number of ketones is 3. The number of carbonyl (C=O) groups excluding carboxylic acids is 3. The average Bonchev–Trinajstić information content (AvgIpc) is 1.63. The van der Waals surface area contributed by atoms with Gasteiger partial charge in [-0.15, -0.1) is 0 Å². The summed E-state index contributed by atoms with van der Waals surface area (Å²) in [6.45, 7) is 14.0. The second-order valence-electron chi connectivity index (χ2n) is 31.7. The summed E-state index contributed by atoms with van der Waals surface area (Å²) in [5, 5.41) is 43.9. The first kappa shape index (κ1) is 96.5. The van der Waals surface area contributed by atoms with Gasteiger partial charge >= 0.3 is 127 Å². The number of aryl methyl sites for hydroxylation is 8. The van der Waals surface area contributed by atoms with Gasteiger partial charge in [0.1, 0.15) is 71.5 Å². The number of halogens is 6. The molecule has 32 heteroatoms. The molecule has 3 heterocycles. The summed E-state index contributed by atoms with van der Waals surface area (Å²) >= 11 is 2.30. The molecular formula is C94H95F5IN11O12S3. The number of benzene rings is 7. The number of alkyl halides is 1. The fourth-order valence-electron chi connectivity index (χ4n) is 12.6. The van der Waals surface area contributed by atoms with Gasteiger partial charge in [0.25, 0.3) is 10.1 Å². The van der Waals surface area contributed by atoms with Gasteiger partial charge in [0.05, 0.1) is 73.8 Å². The second-order valence-corrected chi connectivity index (χ2v) is 39.4. The van der Waals surface area contributed by atoms with Gasteiger partial charge in [-0.05, 0) is 250 Å². The van der Waals surface area contributed by atoms with Crippen molar-refractivity contribution in [3.05, 3.63) is 288 Å². The number of nitrogens with two attached hydrogens (primary N) is 1. The minimum atomic E-state index is -3.86. The van der Waals surface area contributed by atoms with Crippen LogP contribution in [-0.2, 0) is 47.7 Å². The Morgan fingerprint density at radius 3 is 1.44 bits per heavy atom. The number of anilines is 1. The van der Waals surface area contributed by atoms with Gasteiger partial charge < -0.3 is 25.0 Å². The molecule has 7 aliphatic carbocycles.